The fraction of sp³-hybridized carbons (Fsp3) is 0.389. The van der Waals surface area contributed by atoms with E-state index in [4.69, 9.17) is 14.3 Å². The number of amides is 1. The summed E-state index contributed by atoms with van der Waals surface area (Å²) in [5, 5.41) is 14.9. The van der Waals surface area contributed by atoms with Crippen LogP contribution >= 0.6 is 0 Å². The van der Waals surface area contributed by atoms with Crippen LogP contribution in [0.2, 0.25) is 0 Å². The van der Waals surface area contributed by atoms with Crippen LogP contribution in [0.15, 0.2) is 33.5 Å². The predicted molar refractivity (Wildman–Crippen MR) is 95.7 cm³/mol. The number of rotatable bonds is 9. The molecule has 0 fully saturated rings. The Hall–Kier alpha value is -2.87. The molecule has 0 spiro atoms. The van der Waals surface area contributed by atoms with Crippen molar-refractivity contribution < 1.29 is 23.8 Å². The van der Waals surface area contributed by atoms with Crippen molar-refractivity contribution in [3.05, 3.63) is 40.2 Å². The van der Waals surface area contributed by atoms with E-state index in [9.17, 15) is 14.4 Å². The van der Waals surface area contributed by atoms with E-state index < -0.39 is 23.5 Å². The Balaban J connectivity index is 1.94. The van der Waals surface area contributed by atoms with E-state index in [1.54, 1.807) is 25.2 Å². The van der Waals surface area contributed by atoms with Crippen LogP contribution in [-0.2, 0) is 4.79 Å². The molecule has 1 heterocycles. The van der Waals surface area contributed by atoms with Gasteiger partial charge in [0.25, 0.3) is 5.91 Å². The van der Waals surface area contributed by atoms with Crippen LogP contribution in [0.3, 0.4) is 0 Å². The Bertz CT molecular complexity index is 845. The van der Waals surface area contributed by atoms with E-state index >= 15 is 0 Å². The fourth-order valence-electron chi connectivity index (χ4n) is 2.54. The molecule has 1 aromatic carbocycles. The van der Waals surface area contributed by atoms with Crippen LogP contribution in [-0.4, -0.2) is 43.7 Å². The normalized spacial score (nSPS) is 11.9. The minimum Gasteiger partial charge on any atom is -0.497 e. The molecule has 2 rings (SSSR count). The highest BCUT2D eigenvalue weighted by atomic mass is 16.5. The molecule has 2 aromatic rings. The smallest absolute Gasteiger partial charge is 0.349 e. The van der Waals surface area contributed by atoms with Crippen LogP contribution in [0.5, 0.6) is 5.75 Å². The van der Waals surface area contributed by atoms with Gasteiger partial charge >= 0.3 is 11.6 Å². The van der Waals surface area contributed by atoms with Gasteiger partial charge in [-0.2, -0.15) is 0 Å². The van der Waals surface area contributed by atoms with E-state index in [1.807, 2.05) is 0 Å². The van der Waals surface area contributed by atoms with Gasteiger partial charge in [-0.05, 0) is 44.5 Å². The van der Waals surface area contributed by atoms with E-state index in [1.165, 1.54) is 13.2 Å². The Morgan fingerprint density at radius 1 is 1.27 bits per heavy atom. The van der Waals surface area contributed by atoms with Gasteiger partial charge in [-0.15, -0.1) is 0 Å². The number of carboxylic acids is 1. The number of ether oxygens (including phenoxy) is 1. The molecule has 0 aliphatic carbocycles. The molecule has 1 amide bonds. The fourth-order valence-corrected chi connectivity index (χ4v) is 2.54. The first-order valence-electron chi connectivity index (χ1n) is 8.26. The first-order valence-corrected chi connectivity index (χ1v) is 8.26. The predicted octanol–water partition coefficient (Wildman–Crippen LogP) is 1.37. The average molecular weight is 362 g/mol. The molecule has 26 heavy (non-hydrogen) atoms. The number of carbonyl (C=O) groups excluding carboxylic acids is 1. The van der Waals surface area contributed by atoms with E-state index in [0.29, 0.717) is 42.5 Å². The van der Waals surface area contributed by atoms with E-state index in [-0.39, 0.29) is 5.56 Å². The van der Waals surface area contributed by atoms with Crippen molar-refractivity contribution in [2.75, 3.05) is 20.7 Å². The number of benzene rings is 1. The van der Waals surface area contributed by atoms with Crippen LogP contribution in [0.25, 0.3) is 11.0 Å². The molecule has 0 saturated heterocycles. The zero-order valence-electron chi connectivity index (χ0n) is 14.7. The third-order valence-electron chi connectivity index (χ3n) is 4.04. The molecule has 0 saturated carbocycles. The summed E-state index contributed by atoms with van der Waals surface area (Å²) in [5.41, 5.74) is -0.441. The maximum absolute atomic E-state index is 12.2. The molecule has 1 unspecified atom stereocenters. The molecule has 1 atom stereocenters. The zero-order chi connectivity index (χ0) is 19.1. The lowest BCUT2D eigenvalue weighted by Crippen LogP contribution is -2.34. The molecule has 8 heteroatoms. The third-order valence-corrected chi connectivity index (χ3v) is 4.04. The zero-order valence-corrected chi connectivity index (χ0v) is 14.7. The summed E-state index contributed by atoms with van der Waals surface area (Å²) in [4.78, 5) is 35.1. The Kier molecular flexibility index (Phi) is 6.74. The number of hydrogen-bond donors (Lipinski definition) is 3. The molecule has 3 N–H and O–H groups in total. The standard InChI is InChI=1S/C18H22N2O6/c1-19-14(17(22)23)5-3-4-8-20-16(21)13-9-11-6-7-12(25-2)10-15(11)26-18(13)24/h6-7,9-10,14,19H,3-5,8H2,1-2H3,(H,20,21)(H,22,23). The highest BCUT2D eigenvalue weighted by molar-refractivity contribution is 5.96. The number of methoxy groups -OCH3 is 1. The van der Waals surface area contributed by atoms with Crippen LogP contribution in [0, 0.1) is 0 Å². The highest BCUT2D eigenvalue weighted by Crippen LogP contribution is 2.20. The van der Waals surface area contributed by atoms with Crippen molar-refractivity contribution in [2.24, 2.45) is 0 Å². The molecule has 1 aromatic heterocycles. The summed E-state index contributed by atoms with van der Waals surface area (Å²) in [6, 6.07) is 5.88. The van der Waals surface area contributed by atoms with Crippen molar-refractivity contribution >= 4 is 22.8 Å². The number of aliphatic carboxylic acids is 1. The van der Waals surface area contributed by atoms with Gasteiger partial charge in [-0.3, -0.25) is 9.59 Å². The average Bonchev–Trinajstić information content (AvgIpc) is 2.62. The van der Waals surface area contributed by atoms with Crippen LogP contribution in [0.4, 0.5) is 0 Å². The van der Waals surface area contributed by atoms with Crippen molar-refractivity contribution in [1.29, 1.82) is 0 Å². The second-order valence-corrected chi connectivity index (χ2v) is 5.78. The number of carboxylic acid groups (broad SMARTS) is 1. The number of unbranched alkanes of at least 4 members (excludes halogenated alkanes) is 1. The SMILES string of the molecule is CNC(CCCCNC(=O)c1cc2ccc(OC)cc2oc1=O)C(=O)O. The largest absolute Gasteiger partial charge is 0.497 e. The molecule has 8 nitrogen and oxygen atoms in total. The van der Waals surface area contributed by atoms with Crippen LogP contribution in [0.1, 0.15) is 29.6 Å². The van der Waals surface area contributed by atoms with Gasteiger partial charge < -0.3 is 24.9 Å². The van der Waals surface area contributed by atoms with Gasteiger partial charge in [0.2, 0.25) is 0 Å². The van der Waals surface area contributed by atoms with Crippen molar-refractivity contribution in [3.63, 3.8) is 0 Å². The second kappa shape index (κ2) is 9.00. The summed E-state index contributed by atoms with van der Waals surface area (Å²) in [5.74, 6) is -0.860. The van der Waals surface area contributed by atoms with Crippen molar-refractivity contribution in [1.82, 2.24) is 10.6 Å². The lowest BCUT2D eigenvalue weighted by molar-refractivity contribution is -0.139. The van der Waals surface area contributed by atoms with Gasteiger partial charge in [0, 0.05) is 18.0 Å². The highest BCUT2D eigenvalue weighted by Gasteiger charge is 2.15. The summed E-state index contributed by atoms with van der Waals surface area (Å²) < 4.78 is 10.3. The van der Waals surface area contributed by atoms with Gasteiger partial charge in [-0.25, -0.2) is 4.79 Å². The number of fused-ring (bicyclic) bond motifs is 1. The summed E-state index contributed by atoms with van der Waals surface area (Å²) in [7, 11) is 3.10. The van der Waals surface area contributed by atoms with Crippen molar-refractivity contribution in [2.45, 2.75) is 25.3 Å². The lowest BCUT2D eigenvalue weighted by atomic mass is 10.1. The van der Waals surface area contributed by atoms with Crippen LogP contribution < -0.4 is 21.0 Å². The first-order chi connectivity index (χ1) is 12.5. The Morgan fingerprint density at radius 3 is 2.69 bits per heavy atom. The first kappa shape index (κ1) is 19.5. The van der Waals surface area contributed by atoms with Gasteiger partial charge in [0.05, 0.1) is 7.11 Å². The minimum absolute atomic E-state index is 0.0682. The van der Waals surface area contributed by atoms with Gasteiger partial charge in [-0.1, -0.05) is 0 Å². The molecule has 0 radical (unpaired) electrons. The molecular weight excluding hydrogens is 340 g/mol. The topological polar surface area (TPSA) is 118 Å². The van der Waals surface area contributed by atoms with Gasteiger partial charge in [0.1, 0.15) is 22.9 Å². The van der Waals surface area contributed by atoms with Crippen molar-refractivity contribution in [3.8, 4) is 5.75 Å². The molecule has 140 valence electrons. The molecular formula is C18H22N2O6. The number of likely N-dealkylation sites (N-methyl/N-ethyl adjacent to an activating group) is 1. The molecule has 0 aliphatic heterocycles. The third kappa shape index (κ3) is 4.82. The number of carbonyl (C=O) groups is 2. The number of hydrogen-bond acceptors (Lipinski definition) is 6. The molecule has 0 bridgehead atoms. The maximum Gasteiger partial charge on any atom is 0.349 e. The summed E-state index contributed by atoms with van der Waals surface area (Å²) in [6.45, 7) is 0.342. The Morgan fingerprint density at radius 2 is 2.04 bits per heavy atom. The van der Waals surface area contributed by atoms with Gasteiger partial charge in [0.15, 0.2) is 0 Å². The van der Waals surface area contributed by atoms with E-state index in [0.717, 1.165) is 0 Å². The lowest BCUT2D eigenvalue weighted by Gasteiger charge is -2.10. The summed E-state index contributed by atoms with van der Waals surface area (Å²) >= 11 is 0. The monoisotopic (exact) mass is 362 g/mol. The quantitative estimate of drug-likeness (QED) is 0.455. The number of nitrogens with one attached hydrogen (secondary N) is 2. The maximum atomic E-state index is 12.2. The molecule has 0 aliphatic rings. The minimum atomic E-state index is -0.901. The summed E-state index contributed by atoms with van der Waals surface area (Å²) in [6.07, 6.45) is 1.69. The second-order valence-electron chi connectivity index (χ2n) is 5.78. The Labute approximate surface area is 150 Å². The van der Waals surface area contributed by atoms with E-state index in [2.05, 4.69) is 10.6 Å².